The molecule has 4 rings (SSSR count). The van der Waals surface area contributed by atoms with Crippen LogP contribution in [0.3, 0.4) is 0 Å². The van der Waals surface area contributed by atoms with E-state index in [4.69, 9.17) is 28.4 Å². The Bertz CT molecular complexity index is 1020. The van der Waals surface area contributed by atoms with E-state index in [2.05, 4.69) is 34.5 Å². The molecule has 4 atom stereocenters. The second-order valence-electron chi connectivity index (χ2n) is 10.6. The van der Waals surface area contributed by atoms with Crippen LogP contribution < -0.4 is 19.7 Å². The van der Waals surface area contributed by atoms with E-state index in [1.807, 2.05) is 18.2 Å². The third-order valence-electron chi connectivity index (χ3n) is 7.28. The summed E-state index contributed by atoms with van der Waals surface area (Å²) in [7, 11) is 4.98. The van der Waals surface area contributed by atoms with Gasteiger partial charge in [-0.1, -0.05) is 18.2 Å². The molecule has 1 fully saturated rings. The molecule has 0 spiro atoms. The predicted molar refractivity (Wildman–Crippen MR) is 150 cm³/mol. The summed E-state index contributed by atoms with van der Waals surface area (Å²) in [5.41, 5.74) is 2.23. The van der Waals surface area contributed by atoms with Gasteiger partial charge in [0.05, 0.1) is 51.4 Å². The molecule has 2 aromatic carbocycles. The van der Waals surface area contributed by atoms with Gasteiger partial charge in [0, 0.05) is 46.4 Å². The molecule has 0 aromatic heterocycles. The van der Waals surface area contributed by atoms with Crippen molar-refractivity contribution in [2.75, 3.05) is 78.8 Å². The number of hydrogen-bond acceptors (Lipinski definition) is 9. The molecule has 9 heteroatoms. The summed E-state index contributed by atoms with van der Waals surface area (Å²) >= 11 is 0. The fourth-order valence-corrected chi connectivity index (χ4v) is 5.32. The molecule has 2 aliphatic heterocycles. The normalized spacial score (nSPS) is 22.6. The number of fused-ring (bicyclic) bond motifs is 1. The molecule has 0 bridgehead atoms. The minimum Gasteiger partial charge on any atom is -0.497 e. The average molecular weight is 545 g/mol. The first-order valence-electron chi connectivity index (χ1n) is 13.7. The number of piperidine rings is 1. The monoisotopic (exact) mass is 544 g/mol. The van der Waals surface area contributed by atoms with Crippen molar-refractivity contribution in [1.82, 2.24) is 5.32 Å². The summed E-state index contributed by atoms with van der Waals surface area (Å²) in [5.74, 6) is 1.69. The Labute approximate surface area is 232 Å². The Balaban J connectivity index is 1.49. The standard InChI is InChI=1S/C30H44N2O7/c1-30(33,20-35-3)21-39-28-18-31-17-27(29(28)23-7-9-24(36-4)10-8-23)38-19-22-6-11-26-25(16-22)32(13-15-37-26)12-5-14-34-2/h6-11,16,27-29,31,33H,5,12-15,17-21H2,1-4H3/t27-,28+,29+,30?/m0/s1. The molecule has 2 N–H and O–H groups in total. The third-order valence-corrected chi connectivity index (χ3v) is 7.28. The van der Waals surface area contributed by atoms with Gasteiger partial charge in [0.15, 0.2) is 0 Å². The van der Waals surface area contributed by atoms with Crippen LogP contribution in [0.5, 0.6) is 11.5 Å². The van der Waals surface area contributed by atoms with E-state index in [9.17, 15) is 5.11 Å². The number of aliphatic hydroxyl groups is 1. The molecular formula is C30H44N2O7. The summed E-state index contributed by atoms with van der Waals surface area (Å²) in [5, 5.41) is 14.1. The van der Waals surface area contributed by atoms with Gasteiger partial charge in [-0.25, -0.2) is 0 Å². The number of rotatable bonds is 14. The van der Waals surface area contributed by atoms with E-state index >= 15 is 0 Å². The summed E-state index contributed by atoms with van der Waals surface area (Å²) in [6.45, 7) is 7.11. The molecule has 1 saturated heterocycles. The molecule has 0 radical (unpaired) electrons. The first kappa shape index (κ1) is 29.6. The Morgan fingerprint density at radius 3 is 2.49 bits per heavy atom. The Morgan fingerprint density at radius 1 is 1.00 bits per heavy atom. The molecule has 216 valence electrons. The number of nitrogens with zero attached hydrogens (tertiary/aromatic N) is 1. The van der Waals surface area contributed by atoms with Crippen LogP contribution in [0.4, 0.5) is 5.69 Å². The van der Waals surface area contributed by atoms with Crippen molar-refractivity contribution in [1.29, 1.82) is 0 Å². The maximum absolute atomic E-state index is 10.6. The molecule has 0 amide bonds. The average Bonchev–Trinajstić information content (AvgIpc) is 2.95. The number of nitrogens with one attached hydrogen (secondary N) is 1. The second-order valence-corrected chi connectivity index (χ2v) is 10.6. The van der Waals surface area contributed by atoms with Crippen molar-refractivity contribution < 1.29 is 33.5 Å². The zero-order chi connectivity index (χ0) is 27.7. The van der Waals surface area contributed by atoms with E-state index in [0.29, 0.717) is 26.3 Å². The van der Waals surface area contributed by atoms with Gasteiger partial charge in [0.25, 0.3) is 0 Å². The highest BCUT2D eigenvalue weighted by Gasteiger charge is 2.37. The molecule has 0 aliphatic carbocycles. The van der Waals surface area contributed by atoms with Crippen LogP contribution in [0.1, 0.15) is 30.4 Å². The van der Waals surface area contributed by atoms with Crippen LogP contribution >= 0.6 is 0 Å². The third kappa shape index (κ3) is 8.06. The zero-order valence-corrected chi connectivity index (χ0v) is 23.7. The summed E-state index contributed by atoms with van der Waals surface area (Å²) in [6, 6.07) is 14.4. The lowest BCUT2D eigenvalue weighted by atomic mass is 9.85. The maximum Gasteiger partial charge on any atom is 0.142 e. The van der Waals surface area contributed by atoms with Gasteiger partial charge >= 0.3 is 0 Å². The van der Waals surface area contributed by atoms with Gasteiger partial charge in [-0.15, -0.1) is 0 Å². The highest BCUT2D eigenvalue weighted by Crippen LogP contribution is 2.35. The first-order valence-corrected chi connectivity index (χ1v) is 13.7. The van der Waals surface area contributed by atoms with Crippen molar-refractivity contribution in [2.45, 2.75) is 43.7 Å². The Kier molecular flexibility index (Phi) is 10.8. The van der Waals surface area contributed by atoms with E-state index in [-0.39, 0.29) is 31.3 Å². The summed E-state index contributed by atoms with van der Waals surface area (Å²) in [4.78, 5) is 2.36. The van der Waals surface area contributed by atoms with E-state index in [1.54, 1.807) is 28.3 Å². The smallest absolute Gasteiger partial charge is 0.142 e. The maximum atomic E-state index is 10.6. The molecule has 0 saturated carbocycles. The zero-order valence-electron chi connectivity index (χ0n) is 23.7. The number of anilines is 1. The second kappa shape index (κ2) is 14.3. The van der Waals surface area contributed by atoms with Gasteiger partial charge in [-0.2, -0.15) is 0 Å². The molecular weight excluding hydrogens is 500 g/mol. The fourth-order valence-electron chi connectivity index (χ4n) is 5.32. The molecule has 2 heterocycles. The Morgan fingerprint density at radius 2 is 1.77 bits per heavy atom. The number of hydrogen-bond donors (Lipinski definition) is 2. The molecule has 1 unspecified atom stereocenters. The highest BCUT2D eigenvalue weighted by molar-refractivity contribution is 5.61. The lowest BCUT2D eigenvalue weighted by Crippen LogP contribution is -2.52. The van der Waals surface area contributed by atoms with Crippen molar-refractivity contribution >= 4 is 5.69 Å². The van der Waals surface area contributed by atoms with Crippen LogP contribution in [0.2, 0.25) is 0 Å². The van der Waals surface area contributed by atoms with E-state index in [1.165, 1.54) is 0 Å². The van der Waals surface area contributed by atoms with Crippen LogP contribution in [0.15, 0.2) is 42.5 Å². The molecule has 2 aromatic rings. The van der Waals surface area contributed by atoms with Crippen LogP contribution in [0, 0.1) is 0 Å². The van der Waals surface area contributed by atoms with Gasteiger partial charge in [0.2, 0.25) is 0 Å². The number of ether oxygens (including phenoxy) is 6. The lowest BCUT2D eigenvalue weighted by Gasteiger charge is -2.40. The number of methoxy groups -OCH3 is 3. The summed E-state index contributed by atoms with van der Waals surface area (Å²) < 4.78 is 34.6. The van der Waals surface area contributed by atoms with Gasteiger partial charge < -0.3 is 43.7 Å². The van der Waals surface area contributed by atoms with Crippen molar-refractivity contribution in [2.24, 2.45) is 0 Å². The minimum absolute atomic E-state index is 0.0259. The van der Waals surface area contributed by atoms with Crippen molar-refractivity contribution in [3.05, 3.63) is 53.6 Å². The van der Waals surface area contributed by atoms with Crippen molar-refractivity contribution in [3.8, 4) is 11.5 Å². The number of benzene rings is 2. The lowest BCUT2D eigenvalue weighted by molar-refractivity contribution is -0.119. The van der Waals surface area contributed by atoms with Crippen LogP contribution in [-0.2, 0) is 25.6 Å². The molecule has 39 heavy (non-hydrogen) atoms. The predicted octanol–water partition coefficient (Wildman–Crippen LogP) is 2.99. The quantitative estimate of drug-likeness (QED) is 0.348. The van der Waals surface area contributed by atoms with Crippen molar-refractivity contribution in [3.63, 3.8) is 0 Å². The van der Waals surface area contributed by atoms with Crippen LogP contribution in [-0.4, -0.2) is 96.9 Å². The first-order chi connectivity index (χ1) is 18.9. The fraction of sp³-hybridized carbons (Fsp3) is 0.600. The largest absolute Gasteiger partial charge is 0.497 e. The van der Waals surface area contributed by atoms with Gasteiger partial charge in [0.1, 0.15) is 23.7 Å². The van der Waals surface area contributed by atoms with E-state index in [0.717, 1.165) is 54.4 Å². The Hall–Kier alpha value is -2.40. The minimum atomic E-state index is -1.08. The van der Waals surface area contributed by atoms with Gasteiger partial charge in [-0.05, 0) is 48.7 Å². The van der Waals surface area contributed by atoms with Gasteiger partial charge in [-0.3, -0.25) is 0 Å². The molecule has 9 nitrogen and oxygen atoms in total. The SMILES string of the molecule is COCCCN1CCOc2ccc(CO[C@H]3CNC[C@@H](OCC(C)(O)COC)[C@@H]3c3ccc(OC)cc3)cc21. The molecule has 2 aliphatic rings. The summed E-state index contributed by atoms with van der Waals surface area (Å²) in [6.07, 6.45) is 0.648. The van der Waals surface area contributed by atoms with Crippen LogP contribution in [0.25, 0.3) is 0 Å². The highest BCUT2D eigenvalue weighted by atomic mass is 16.5. The van der Waals surface area contributed by atoms with E-state index < -0.39 is 5.60 Å². The topological polar surface area (TPSA) is 90.9 Å².